The monoisotopic (exact) mass is 402 g/mol. The Morgan fingerprint density at radius 3 is 2.68 bits per heavy atom. The van der Waals surface area contributed by atoms with Gasteiger partial charge in [-0.05, 0) is 37.4 Å². The highest BCUT2D eigenvalue weighted by molar-refractivity contribution is 7.14. The van der Waals surface area contributed by atoms with Crippen LogP contribution >= 0.6 is 11.3 Å². The van der Waals surface area contributed by atoms with Crippen molar-refractivity contribution >= 4 is 45.2 Å². The van der Waals surface area contributed by atoms with Crippen molar-refractivity contribution in [1.29, 1.82) is 0 Å². The standard InChI is InChI=1S/C19H18N2O6S/c1-3-25-13-7-5-6-11-10-14(27-15(11)13)17(23)20-18-12(8-9-28-18)16(22)21-19(24)26-4-2/h5-10H,3-4H2,1-2H3,(H,20,23)(H,21,22,24). The molecule has 146 valence electrons. The van der Waals surface area contributed by atoms with E-state index in [1.165, 1.54) is 6.07 Å². The summed E-state index contributed by atoms with van der Waals surface area (Å²) >= 11 is 1.15. The van der Waals surface area contributed by atoms with Crippen LogP contribution in [0.25, 0.3) is 11.0 Å². The fourth-order valence-corrected chi connectivity index (χ4v) is 3.27. The average molecular weight is 402 g/mol. The van der Waals surface area contributed by atoms with Gasteiger partial charge < -0.3 is 19.2 Å². The first-order valence-electron chi connectivity index (χ1n) is 8.55. The summed E-state index contributed by atoms with van der Waals surface area (Å²) in [6, 6.07) is 8.47. The number of para-hydroxylation sites is 1. The predicted molar refractivity (Wildman–Crippen MR) is 104 cm³/mol. The van der Waals surface area contributed by atoms with Crippen molar-refractivity contribution in [2.75, 3.05) is 18.5 Å². The highest BCUT2D eigenvalue weighted by Crippen LogP contribution is 2.30. The molecule has 3 amide bonds. The maximum absolute atomic E-state index is 12.6. The number of hydrogen-bond donors (Lipinski definition) is 2. The molecule has 3 aromatic rings. The van der Waals surface area contributed by atoms with Gasteiger partial charge in [0.25, 0.3) is 11.8 Å². The smallest absolute Gasteiger partial charge is 0.414 e. The van der Waals surface area contributed by atoms with E-state index >= 15 is 0 Å². The SMILES string of the molecule is CCOC(=O)NC(=O)c1ccsc1NC(=O)c1cc2cccc(OCC)c2o1. The van der Waals surface area contributed by atoms with Gasteiger partial charge in [-0.2, -0.15) is 0 Å². The summed E-state index contributed by atoms with van der Waals surface area (Å²) in [7, 11) is 0. The van der Waals surface area contributed by atoms with Crippen molar-refractivity contribution < 1.29 is 28.3 Å². The van der Waals surface area contributed by atoms with Crippen LogP contribution in [0.1, 0.15) is 34.8 Å². The second kappa shape index (κ2) is 8.57. The topological polar surface area (TPSA) is 107 Å². The zero-order chi connectivity index (χ0) is 20.1. The van der Waals surface area contributed by atoms with Gasteiger partial charge in [0.2, 0.25) is 0 Å². The first-order chi connectivity index (χ1) is 13.5. The summed E-state index contributed by atoms with van der Waals surface area (Å²) in [6.45, 7) is 4.09. The van der Waals surface area contributed by atoms with E-state index in [-0.39, 0.29) is 22.9 Å². The van der Waals surface area contributed by atoms with Crippen molar-refractivity contribution in [3.05, 3.63) is 47.0 Å². The van der Waals surface area contributed by atoms with Crippen molar-refractivity contribution in [2.24, 2.45) is 0 Å². The van der Waals surface area contributed by atoms with Crippen LogP contribution in [0.4, 0.5) is 9.80 Å². The molecule has 0 fully saturated rings. The second-order valence-electron chi connectivity index (χ2n) is 5.51. The van der Waals surface area contributed by atoms with Crippen LogP contribution in [-0.4, -0.2) is 31.1 Å². The van der Waals surface area contributed by atoms with Gasteiger partial charge >= 0.3 is 6.09 Å². The van der Waals surface area contributed by atoms with Crippen molar-refractivity contribution in [3.63, 3.8) is 0 Å². The Balaban J connectivity index is 1.78. The minimum Gasteiger partial charge on any atom is -0.490 e. The molecule has 3 rings (SSSR count). The molecule has 2 aromatic heterocycles. The van der Waals surface area contributed by atoms with Gasteiger partial charge in [-0.15, -0.1) is 11.3 Å². The van der Waals surface area contributed by atoms with E-state index in [0.29, 0.717) is 17.9 Å². The number of benzene rings is 1. The van der Waals surface area contributed by atoms with Crippen LogP contribution < -0.4 is 15.4 Å². The van der Waals surface area contributed by atoms with E-state index in [2.05, 4.69) is 15.4 Å². The molecule has 2 heterocycles. The maximum Gasteiger partial charge on any atom is 0.414 e. The molecule has 0 bridgehead atoms. The Bertz CT molecular complexity index is 1020. The number of imide groups is 1. The number of furan rings is 1. The fourth-order valence-electron chi connectivity index (χ4n) is 2.49. The lowest BCUT2D eigenvalue weighted by Crippen LogP contribution is -2.31. The number of hydrogen-bond acceptors (Lipinski definition) is 7. The summed E-state index contributed by atoms with van der Waals surface area (Å²) in [5.74, 6) is -0.568. The van der Waals surface area contributed by atoms with E-state index in [1.807, 2.05) is 19.1 Å². The fraction of sp³-hybridized carbons (Fsp3) is 0.211. The van der Waals surface area contributed by atoms with E-state index < -0.39 is 17.9 Å². The normalized spacial score (nSPS) is 10.5. The molecule has 0 unspecified atom stereocenters. The van der Waals surface area contributed by atoms with Gasteiger partial charge in [0.15, 0.2) is 17.1 Å². The lowest BCUT2D eigenvalue weighted by molar-refractivity contribution is 0.0926. The first-order valence-corrected chi connectivity index (χ1v) is 9.43. The maximum atomic E-state index is 12.6. The molecule has 0 radical (unpaired) electrons. The van der Waals surface area contributed by atoms with Crippen LogP contribution in [0, 0.1) is 0 Å². The van der Waals surface area contributed by atoms with Gasteiger partial charge in [-0.3, -0.25) is 14.9 Å². The summed E-state index contributed by atoms with van der Waals surface area (Å²) < 4.78 is 15.8. The molecular weight excluding hydrogens is 384 g/mol. The molecule has 28 heavy (non-hydrogen) atoms. The third kappa shape index (κ3) is 4.15. The summed E-state index contributed by atoms with van der Waals surface area (Å²) in [5.41, 5.74) is 0.624. The Morgan fingerprint density at radius 1 is 1.11 bits per heavy atom. The lowest BCUT2D eigenvalue weighted by Gasteiger charge is -2.06. The number of anilines is 1. The summed E-state index contributed by atoms with van der Waals surface area (Å²) in [4.78, 5) is 36.2. The number of ether oxygens (including phenoxy) is 2. The number of carbonyl (C=O) groups is 3. The zero-order valence-electron chi connectivity index (χ0n) is 15.2. The minimum atomic E-state index is -0.850. The van der Waals surface area contributed by atoms with Gasteiger partial charge in [0, 0.05) is 5.39 Å². The summed E-state index contributed by atoms with van der Waals surface area (Å²) in [5, 5.41) is 7.37. The largest absolute Gasteiger partial charge is 0.490 e. The molecule has 0 aliphatic carbocycles. The van der Waals surface area contributed by atoms with Gasteiger partial charge in [-0.1, -0.05) is 12.1 Å². The van der Waals surface area contributed by atoms with Gasteiger partial charge in [0.05, 0.1) is 18.8 Å². The molecule has 8 nitrogen and oxygen atoms in total. The number of thiophene rings is 1. The highest BCUT2D eigenvalue weighted by atomic mass is 32.1. The van der Waals surface area contributed by atoms with Crippen LogP contribution in [0.3, 0.4) is 0 Å². The van der Waals surface area contributed by atoms with Crippen molar-refractivity contribution in [2.45, 2.75) is 13.8 Å². The van der Waals surface area contributed by atoms with Crippen LogP contribution in [-0.2, 0) is 4.74 Å². The van der Waals surface area contributed by atoms with Crippen molar-refractivity contribution in [1.82, 2.24) is 5.32 Å². The molecule has 0 atom stereocenters. The predicted octanol–water partition coefficient (Wildman–Crippen LogP) is 4.03. The molecule has 2 N–H and O–H groups in total. The van der Waals surface area contributed by atoms with Gasteiger partial charge in [0.1, 0.15) is 5.00 Å². The number of amides is 3. The molecular formula is C19H18N2O6S. The number of fused-ring (bicyclic) bond motifs is 1. The van der Waals surface area contributed by atoms with Crippen LogP contribution in [0.5, 0.6) is 5.75 Å². The molecule has 0 saturated carbocycles. The minimum absolute atomic E-state index is 0.0762. The quantitative estimate of drug-likeness (QED) is 0.645. The highest BCUT2D eigenvalue weighted by Gasteiger charge is 2.20. The first kappa shape index (κ1) is 19.4. The van der Waals surface area contributed by atoms with E-state index in [1.54, 1.807) is 24.4 Å². The molecule has 0 spiro atoms. The van der Waals surface area contributed by atoms with Crippen LogP contribution in [0.15, 0.2) is 40.1 Å². The van der Waals surface area contributed by atoms with Gasteiger partial charge in [-0.25, -0.2) is 4.79 Å². The zero-order valence-corrected chi connectivity index (χ0v) is 16.1. The molecule has 1 aromatic carbocycles. The molecule has 0 aliphatic rings. The third-order valence-electron chi connectivity index (χ3n) is 3.66. The Labute approximate surface area is 164 Å². The second-order valence-corrected chi connectivity index (χ2v) is 6.43. The van der Waals surface area contributed by atoms with Crippen molar-refractivity contribution in [3.8, 4) is 5.75 Å². The summed E-state index contributed by atoms with van der Waals surface area (Å²) in [6.07, 6.45) is -0.850. The average Bonchev–Trinajstić information content (AvgIpc) is 3.29. The Kier molecular flexibility index (Phi) is 5.95. The Morgan fingerprint density at radius 2 is 1.93 bits per heavy atom. The number of carbonyl (C=O) groups excluding carboxylic acids is 3. The van der Waals surface area contributed by atoms with Crippen LogP contribution in [0.2, 0.25) is 0 Å². The molecule has 0 saturated heterocycles. The molecule has 9 heteroatoms. The number of rotatable bonds is 6. The Hall–Kier alpha value is -3.33. The third-order valence-corrected chi connectivity index (χ3v) is 4.49. The van der Waals surface area contributed by atoms with E-state index in [0.717, 1.165) is 16.7 Å². The number of alkyl carbamates (subject to hydrolysis) is 1. The lowest BCUT2D eigenvalue weighted by atomic mass is 10.2. The van der Waals surface area contributed by atoms with E-state index in [9.17, 15) is 14.4 Å². The molecule has 0 aliphatic heterocycles. The van der Waals surface area contributed by atoms with E-state index in [4.69, 9.17) is 9.15 Å². The number of nitrogens with one attached hydrogen (secondary N) is 2.